The number of carbonyl (C=O) groups excluding carboxylic acids is 1. The third-order valence-corrected chi connectivity index (χ3v) is 1.66. The van der Waals surface area contributed by atoms with Gasteiger partial charge in [0, 0.05) is 25.0 Å². The molecule has 5 heteroatoms. The molecule has 0 aromatic carbocycles. The van der Waals surface area contributed by atoms with E-state index in [9.17, 15) is 4.79 Å². The number of hydrogen-bond donors (Lipinski definition) is 0. The fraction of sp³-hybridized carbons (Fsp3) is 0.300. The minimum Gasteiger partial charge on any atom is -0.463 e. The van der Waals surface area contributed by atoms with Crippen molar-refractivity contribution >= 4 is 5.97 Å². The zero-order valence-electron chi connectivity index (χ0n) is 8.38. The van der Waals surface area contributed by atoms with Gasteiger partial charge in [0.2, 0.25) is 5.82 Å². The number of imidazole rings is 1. The molecule has 1 heterocycles. The van der Waals surface area contributed by atoms with E-state index in [1.165, 1.54) is 12.3 Å². The Hall–Kier alpha value is -2.09. The minimum atomic E-state index is -0.379. The van der Waals surface area contributed by atoms with Crippen LogP contribution in [0.3, 0.4) is 0 Å². The molecule has 0 fully saturated rings. The third kappa shape index (κ3) is 3.27. The van der Waals surface area contributed by atoms with Crippen molar-refractivity contribution in [1.82, 2.24) is 9.55 Å². The van der Waals surface area contributed by atoms with Crippen molar-refractivity contribution in [2.75, 3.05) is 6.61 Å². The molecule has 0 saturated heterocycles. The zero-order valence-corrected chi connectivity index (χ0v) is 8.38. The summed E-state index contributed by atoms with van der Waals surface area (Å²) in [6.45, 7) is 2.54. The summed E-state index contributed by atoms with van der Waals surface area (Å²) < 4.78 is 6.34. The predicted octanol–water partition coefficient (Wildman–Crippen LogP) is 0.874. The van der Waals surface area contributed by atoms with Gasteiger partial charge in [0.15, 0.2) is 0 Å². The molecule has 0 bridgehead atoms. The number of nitrogens with zero attached hydrogens (tertiary/aromatic N) is 3. The van der Waals surface area contributed by atoms with Crippen LogP contribution in [0.4, 0.5) is 0 Å². The first-order valence-electron chi connectivity index (χ1n) is 4.52. The Morgan fingerprint density at radius 1 is 1.80 bits per heavy atom. The number of hydrogen-bond acceptors (Lipinski definition) is 4. The molecule has 1 rings (SSSR count). The molecule has 0 amide bonds. The van der Waals surface area contributed by atoms with Crippen molar-refractivity contribution in [3.63, 3.8) is 0 Å². The molecular weight excluding hydrogens is 194 g/mol. The number of nitriles is 1. The fourth-order valence-electron chi connectivity index (χ4n) is 1.02. The molecule has 0 spiro atoms. The predicted molar refractivity (Wildman–Crippen MR) is 52.7 cm³/mol. The van der Waals surface area contributed by atoms with Gasteiger partial charge in [0.1, 0.15) is 6.07 Å². The first-order chi connectivity index (χ1) is 7.27. The van der Waals surface area contributed by atoms with Gasteiger partial charge >= 0.3 is 5.97 Å². The van der Waals surface area contributed by atoms with Gasteiger partial charge in [-0.3, -0.25) is 0 Å². The van der Waals surface area contributed by atoms with E-state index in [1.807, 2.05) is 6.07 Å². The summed E-state index contributed by atoms with van der Waals surface area (Å²) in [5.74, 6) is -0.0559. The summed E-state index contributed by atoms with van der Waals surface area (Å²) in [5, 5.41) is 8.65. The van der Waals surface area contributed by atoms with Gasteiger partial charge in [0.25, 0.3) is 0 Å². The summed E-state index contributed by atoms with van der Waals surface area (Å²) in [4.78, 5) is 14.7. The van der Waals surface area contributed by atoms with Gasteiger partial charge in [-0.05, 0) is 6.92 Å². The highest BCUT2D eigenvalue weighted by molar-refractivity contribution is 5.81. The summed E-state index contributed by atoms with van der Waals surface area (Å²) >= 11 is 0. The second-order valence-corrected chi connectivity index (χ2v) is 2.67. The summed E-state index contributed by atoms with van der Waals surface area (Å²) in [7, 11) is 0. The largest absolute Gasteiger partial charge is 0.463 e. The van der Waals surface area contributed by atoms with E-state index in [-0.39, 0.29) is 5.97 Å². The standard InChI is InChI=1S/C10H11N3O2/c1-2-15-10(14)4-3-6-13-7-5-12-9(13)8-11/h3-5,7H,2,6H2,1H3/b4-3+. The lowest BCUT2D eigenvalue weighted by Gasteiger charge is -1.97. The molecule has 0 N–H and O–H groups in total. The Morgan fingerprint density at radius 3 is 3.27 bits per heavy atom. The summed E-state index contributed by atoms with van der Waals surface area (Å²) in [6, 6.07) is 1.94. The molecule has 0 radical (unpaired) electrons. The van der Waals surface area contributed by atoms with Crippen LogP contribution in [0.5, 0.6) is 0 Å². The lowest BCUT2D eigenvalue weighted by atomic mass is 10.4. The van der Waals surface area contributed by atoms with Crippen molar-refractivity contribution in [3.05, 3.63) is 30.4 Å². The molecular formula is C10H11N3O2. The Balaban J connectivity index is 2.51. The van der Waals surface area contributed by atoms with E-state index in [1.54, 1.807) is 23.8 Å². The maximum absolute atomic E-state index is 10.9. The van der Waals surface area contributed by atoms with Crippen molar-refractivity contribution in [1.29, 1.82) is 5.26 Å². The van der Waals surface area contributed by atoms with E-state index >= 15 is 0 Å². The van der Waals surface area contributed by atoms with E-state index in [4.69, 9.17) is 10.00 Å². The molecule has 0 atom stereocenters. The lowest BCUT2D eigenvalue weighted by molar-refractivity contribution is -0.137. The number of rotatable bonds is 4. The third-order valence-electron chi connectivity index (χ3n) is 1.66. The lowest BCUT2D eigenvalue weighted by Crippen LogP contribution is -2.01. The summed E-state index contributed by atoms with van der Waals surface area (Å²) in [5.41, 5.74) is 0. The van der Waals surface area contributed by atoms with Crippen molar-refractivity contribution in [2.45, 2.75) is 13.5 Å². The zero-order chi connectivity index (χ0) is 11.1. The van der Waals surface area contributed by atoms with Crippen LogP contribution in [0.15, 0.2) is 24.5 Å². The van der Waals surface area contributed by atoms with E-state index in [0.717, 1.165) is 0 Å². The van der Waals surface area contributed by atoms with Gasteiger partial charge in [-0.15, -0.1) is 0 Å². The average molecular weight is 205 g/mol. The number of esters is 1. The highest BCUT2D eigenvalue weighted by atomic mass is 16.5. The van der Waals surface area contributed by atoms with Crippen molar-refractivity contribution in [2.24, 2.45) is 0 Å². The van der Waals surface area contributed by atoms with Crippen molar-refractivity contribution < 1.29 is 9.53 Å². The molecule has 0 saturated carbocycles. The van der Waals surface area contributed by atoms with E-state index in [2.05, 4.69) is 4.98 Å². The van der Waals surface area contributed by atoms with Crippen molar-refractivity contribution in [3.8, 4) is 6.07 Å². The molecule has 5 nitrogen and oxygen atoms in total. The number of ether oxygens (including phenoxy) is 1. The van der Waals surface area contributed by atoms with Crippen LogP contribution in [0, 0.1) is 11.3 Å². The SMILES string of the molecule is CCOC(=O)/C=C/Cn1ccnc1C#N. The van der Waals surface area contributed by atoms with E-state index < -0.39 is 0 Å². The van der Waals surface area contributed by atoms with Crippen LogP contribution in [-0.4, -0.2) is 22.1 Å². The Labute approximate surface area is 87.6 Å². The Morgan fingerprint density at radius 2 is 2.60 bits per heavy atom. The molecule has 1 aromatic heterocycles. The second-order valence-electron chi connectivity index (χ2n) is 2.67. The topological polar surface area (TPSA) is 67.9 Å². The molecule has 1 aromatic rings. The molecule has 15 heavy (non-hydrogen) atoms. The minimum absolute atomic E-state index is 0.323. The first kappa shape index (κ1) is 11.0. The van der Waals surface area contributed by atoms with E-state index in [0.29, 0.717) is 19.0 Å². The van der Waals surface area contributed by atoms with Crippen LogP contribution >= 0.6 is 0 Å². The Kier molecular flexibility index (Phi) is 4.10. The maximum atomic E-state index is 10.9. The van der Waals surface area contributed by atoms with Gasteiger partial charge in [0.05, 0.1) is 6.61 Å². The van der Waals surface area contributed by atoms with Gasteiger partial charge in [-0.1, -0.05) is 6.08 Å². The molecule has 0 aliphatic carbocycles. The smallest absolute Gasteiger partial charge is 0.330 e. The molecule has 0 aliphatic heterocycles. The number of aromatic nitrogens is 2. The Bertz CT molecular complexity index is 401. The summed E-state index contributed by atoms with van der Waals surface area (Å²) in [6.07, 6.45) is 6.18. The highest BCUT2D eigenvalue weighted by Gasteiger charge is 1.98. The molecule has 78 valence electrons. The first-order valence-corrected chi connectivity index (χ1v) is 4.52. The average Bonchev–Trinajstić information content (AvgIpc) is 2.66. The number of carbonyl (C=O) groups is 1. The molecule has 0 aliphatic rings. The van der Waals surface area contributed by atoms with Gasteiger partial charge in [-0.25, -0.2) is 9.78 Å². The quantitative estimate of drug-likeness (QED) is 0.540. The number of allylic oxidation sites excluding steroid dienone is 1. The highest BCUT2D eigenvalue weighted by Crippen LogP contribution is 1.95. The molecule has 0 unspecified atom stereocenters. The van der Waals surface area contributed by atoms with Crippen LogP contribution < -0.4 is 0 Å². The van der Waals surface area contributed by atoms with Gasteiger partial charge in [-0.2, -0.15) is 5.26 Å². The van der Waals surface area contributed by atoms with Gasteiger partial charge < -0.3 is 9.30 Å². The second kappa shape index (κ2) is 5.60. The maximum Gasteiger partial charge on any atom is 0.330 e. The van der Waals surface area contributed by atoms with Crippen LogP contribution in [0.1, 0.15) is 12.7 Å². The van der Waals surface area contributed by atoms with Crippen LogP contribution in [-0.2, 0) is 16.1 Å². The normalized spacial score (nSPS) is 10.1. The van der Waals surface area contributed by atoms with Crippen LogP contribution in [0.25, 0.3) is 0 Å². The van der Waals surface area contributed by atoms with Crippen LogP contribution in [0.2, 0.25) is 0 Å². The fourth-order valence-corrected chi connectivity index (χ4v) is 1.02. The monoisotopic (exact) mass is 205 g/mol.